The first-order valence-corrected chi connectivity index (χ1v) is 12.2. The summed E-state index contributed by atoms with van der Waals surface area (Å²) in [6, 6.07) is 11.1. The van der Waals surface area contributed by atoms with E-state index in [9.17, 15) is 14.4 Å². The molecule has 8 heteroatoms. The van der Waals surface area contributed by atoms with Crippen LogP contribution in [0.3, 0.4) is 0 Å². The lowest BCUT2D eigenvalue weighted by molar-refractivity contribution is -0.127. The van der Waals surface area contributed by atoms with E-state index in [2.05, 4.69) is 12.2 Å². The zero-order chi connectivity index (χ0) is 24.7. The second-order valence-electron chi connectivity index (χ2n) is 7.92. The van der Waals surface area contributed by atoms with Crippen molar-refractivity contribution in [3.8, 4) is 11.5 Å². The third-order valence-corrected chi connectivity index (χ3v) is 6.15. The van der Waals surface area contributed by atoms with Gasteiger partial charge in [0.25, 0.3) is 11.1 Å². The Bertz CT molecular complexity index is 1090. The Balaban J connectivity index is 1.72. The fourth-order valence-corrected chi connectivity index (χ4v) is 4.29. The highest BCUT2D eigenvalue weighted by atomic mass is 32.2. The summed E-state index contributed by atoms with van der Waals surface area (Å²) in [7, 11) is 0. The molecular formula is C26H30N2O5S. The minimum atomic E-state index is -0.493. The summed E-state index contributed by atoms with van der Waals surface area (Å²) in [4.78, 5) is 39.1. The lowest BCUT2D eigenvalue weighted by atomic mass is 10.1. The number of para-hydroxylation sites is 1. The molecule has 0 atom stereocenters. The standard InChI is InChI=1S/C26H30N2O5S/c1-5-7-13-33-20-12-11-19(14-21(20)32-6-2)15-22-25(30)28(26(31)34-22)16-23(29)27-24-17(3)9-8-10-18(24)4/h8-12,14-15H,5-7,13,16H2,1-4H3,(H,27,29)/b22-15-. The maximum Gasteiger partial charge on any atom is 0.294 e. The lowest BCUT2D eigenvalue weighted by Crippen LogP contribution is -2.36. The van der Waals surface area contributed by atoms with Crippen LogP contribution in [0.5, 0.6) is 11.5 Å². The molecule has 0 spiro atoms. The smallest absolute Gasteiger partial charge is 0.294 e. The van der Waals surface area contributed by atoms with E-state index >= 15 is 0 Å². The van der Waals surface area contributed by atoms with Crippen LogP contribution in [-0.4, -0.2) is 41.7 Å². The van der Waals surface area contributed by atoms with E-state index in [0.717, 1.165) is 40.6 Å². The van der Waals surface area contributed by atoms with Gasteiger partial charge in [0.05, 0.1) is 18.1 Å². The van der Waals surface area contributed by atoms with Crippen LogP contribution in [0.1, 0.15) is 43.4 Å². The van der Waals surface area contributed by atoms with Crippen molar-refractivity contribution in [3.05, 3.63) is 58.0 Å². The van der Waals surface area contributed by atoms with Crippen molar-refractivity contribution in [2.45, 2.75) is 40.5 Å². The van der Waals surface area contributed by atoms with Crippen LogP contribution in [0, 0.1) is 13.8 Å². The SMILES string of the molecule is CCCCOc1ccc(/C=C2\SC(=O)N(CC(=O)Nc3c(C)cccc3C)C2=O)cc1OCC. The van der Waals surface area contributed by atoms with Gasteiger partial charge in [-0.05, 0) is 73.9 Å². The van der Waals surface area contributed by atoms with Crippen LogP contribution in [0.25, 0.3) is 6.08 Å². The predicted octanol–water partition coefficient (Wildman–Crippen LogP) is 5.56. The third kappa shape index (κ3) is 6.20. The maximum atomic E-state index is 12.9. The molecule has 1 heterocycles. The number of benzene rings is 2. The second-order valence-corrected chi connectivity index (χ2v) is 8.92. The van der Waals surface area contributed by atoms with Crippen LogP contribution in [0.15, 0.2) is 41.3 Å². The Labute approximate surface area is 204 Å². The van der Waals surface area contributed by atoms with Crippen LogP contribution in [0.2, 0.25) is 0 Å². The summed E-state index contributed by atoms with van der Waals surface area (Å²) in [5, 5.41) is 2.34. The fourth-order valence-electron chi connectivity index (χ4n) is 3.45. The topological polar surface area (TPSA) is 84.9 Å². The number of aryl methyl sites for hydroxylation is 2. The fraction of sp³-hybridized carbons (Fsp3) is 0.346. The highest BCUT2D eigenvalue weighted by Crippen LogP contribution is 2.35. The summed E-state index contributed by atoms with van der Waals surface area (Å²) < 4.78 is 11.5. The van der Waals surface area contributed by atoms with Crippen LogP contribution in [-0.2, 0) is 9.59 Å². The van der Waals surface area contributed by atoms with Gasteiger partial charge in [-0.1, -0.05) is 37.6 Å². The van der Waals surface area contributed by atoms with Gasteiger partial charge in [0.2, 0.25) is 5.91 Å². The van der Waals surface area contributed by atoms with Gasteiger partial charge in [-0.2, -0.15) is 0 Å². The molecular weight excluding hydrogens is 452 g/mol. The van der Waals surface area contributed by atoms with Crippen molar-refractivity contribution in [1.29, 1.82) is 0 Å². The molecule has 34 heavy (non-hydrogen) atoms. The van der Waals surface area contributed by atoms with Gasteiger partial charge < -0.3 is 14.8 Å². The number of rotatable bonds is 10. The van der Waals surface area contributed by atoms with E-state index in [1.54, 1.807) is 18.2 Å². The Morgan fingerprint density at radius 1 is 1.06 bits per heavy atom. The number of nitrogens with zero attached hydrogens (tertiary/aromatic N) is 1. The van der Waals surface area contributed by atoms with Crippen molar-refractivity contribution in [2.24, 2.45) is 0 Å². The summed E-state index contributed by atoms with van der Waals surface area (Å²) in [5.41, 5.74) is 3.22. The number of thioether (sulfide) groups is 1. The van der Waals surface area contributed by atoms with Gasteiger partial charge in [0.1, 0.15) is 6.54 Å². The Morgan fingerprint density at radius 3 is 2.47 bits per heavy atom. The van der Waals surface area contributed by atoms with Crippen molar-refractivity contribution in [1.82, 2.24) is 4.90 Å². The van der Waals surface area contributed by atoms with Crippen molar-refractivity contribution >= 4 is 40.6 Å². The Hall–Kier alpha value is -3.26. The molecule has 0 bridgehead atoms. The Kier molecular flexibility index (Phi) is 8.76. The quantitative estimate of drug-likeness (QED) is 0.353. The second kappa shape index (κ2) is 11.7. The van der Waals surface area contributed by atoms with E-state index < -0.39 is 17.1 Å². The lowest BCUT2D eigenvalue weighted by Gasteiger charge is -2.15. The zero-order valence-electron chi connectivity index (χ0n) is 20.0. The first-order valence-electron chi connectivity index (χ1n) is 11.3. The number of nitrogens with one attached hydrogen (secondary N) is 1. The molecule has 2 aromatic rings. The summed E-state index contributed by atoms with van der Waals surface area (Å²) in [5.74, 6) is 0.310. The molecule has 180 valence electrons. The van der Waals surface area contributed by atoms with E-state index in [4.69, 9.17) is 9.47 Å². The largest absolute Gasteiger partial charge is 0.490 e. The van der Waals surface area contributed by atoms with E-state index in [1.165, 1.54) is 0 Å². The molecule has 0 radical (unpaired) electrons. The minimum Gasteiger partial charge on any atom is -0.490 e. The first-order chi connectivity index (χ1) is 16.3. The summed E-state index contributed by atoms with van der Waals surface area (Å²) in [6.45, 7) is 8.49. The number of carbonyl (C=O) groups is 3. The molecule has 1 aliphatic rings. The number of imide groups is 1. The van der Waals surface area contributed by atoms with E-state index in [-0.39, 0.29) is 11.4 Å². The van der Waals surface area contributed by atoms with Gasteiger partial charge >= 0.3 is 0 Å². The average Bonchev–Trinajstić information content (AvgIpc) is 3.05. The molecule has 7 nitrogen and oxygen atoms in total. The van der Waals surface area contributed by atoms with E-state index in [0.29, 0.717) is 36.0 Å². The number of hydrogen-bond acceptors (Lipinski definition) is 6. The summed E-state index contributed by atoms with van der Waals surface area (Å²) in [6.07, 6.45) is 3.60. The molecule has 3 amide bonds. The predicted molar refractivity (Wildman–Crippen MR) is 135 cm³/mol. The zero-order valence-corrected chi connectivity index (χ0v) is 20.8. The van der Waals surface area contributed by atoms with Gasteiger partial charge in [0, 0.05) is 5.69 Å². The number of amides is 3. The monoisotopic (exact) mass is 482 g/mol. The average molecular weight is 483 g/mol. The molecule has 1 aliphatic heterocycles. The number of ether oxygens (including phenoxy) is 2. The summed E-state index contributed by atoms with van der Waals surface area (Å²) >= 11 is 0.818. The van der Waals surface area contributed by atoms with E-state index in [1.807, 2.05) is 45.0 Å². The van der Waals surface area contributed by atoms with Crippen LogP contribution in [0.4, 0.5) is 10.5 Å². The first kappa shape index (κ1) is 25.4. The number of anilines is 1. The number of hydrogen-bond donors (Lipinski definition) is 1. The molecule has 0 aromatic heterocycles. The number of carbonyl (C=O) groups excluding carboxylic acids is 3. The minimum absolute atomic E-state index is 0.256. The molecule has 1 saturated heterocycles. The third-order valence-electron chi connectivity index (χ3n) is 5.24. The highest BCUT2D eigenvalue weighted by molar-refractivity contribution is 8.18. The van der Waals surface area contributed by atoms with Gasteiger partial charge in [-0.25, -0.2) is 0 Å². The number of unbranched alkanes of at least 4 members (excludes halogenated alkanes) is 1. The Morgan fingerprint density at radius 2 is 1.79 bits per heavy atom. The van der Waals surface area contributed by atoms with Crippen molar-refractivity contribution in [2.75, 3.05) is 25.1 Å². The van der Waals surface area contributed by atoms with Gasteiger partial charge in [-0.3, -0.25) is 19.3 Å². The molecule has 2 aromatic carbocycles. The van der Waals surface area contributed by atoms with Gasteiger partial charge in [0.15, 0.2) is 11.5 Å². The van der Waals surface area contributed by atoms with Crippen LogP contribution >= 0.6 is 11.8 Å². The molecule has 0 unspecified atom stereocenters. The van der Waals surface area contributed by atoms with Crippen molar-refractivity contribution in [3.63, 3.8) is 0 Å². The molecule has 3 rings (SSSR count). The molecule has 0 aliphatic carbocycles. The molecule has 0 saturated carbocycles. The van der Waals surface area contributed by atoms with Gasteiger partial charge in [-0.15, -0.1) is 0 Å². The van der Waals surface area contributed by atoms with Crippen LogP contribution < -0.4 is 14.8 Å². The van der Waals surface area contributed by atoms with Crippen molar-refractivity contribution < 1.29 is 23.9 Å². The molecule has 1 fully saturated rings. The normalized spacial score (nSPS) is 14.6. The molecule has 1 N–H and O–H groups in total. The maximum absolute atomic E-state index is 12.9. The highest BCUT2D eigenvalue weighted by Gasteiger charge is 2.36.